The molecule has 2 aromatic rings. The van der Waals surface area contributed by atoms with Gasteiger partial charge in [0.05, 0.1) is 0 Å². The van der Waals surface area contributed by atoms with E-state index in [0.717, 1.165) is 30.6 Å². The molecular weight excluding hydrogens is 210 g/mol. The first-order valence-corrected chi connectivity index (χ1v) is 6.46. The number of aromatic amines is 1. The molecule has 0 bridgehead atoms. The standard InChI is InChI=1S/C14H19N3/c1-10(11-4-5-11)7-15-8-12-9-17-14-13(12)3-2-6-16-14/h2-3,6,9-11,15H,4-5,7-8H2,1H3,(H,16,17). The van der Waals surface area contributed by atoms with Gasteiger partial charge in [0.15, 0.2) is 0 Å². The molecule has 1 unspecified atom stereocenters. The fourth-order valence-corrected chi connectivity index (χ4v) is 2.43. The molecule has 90 valence electrons. The van der Waals surface area contributed by atoms with Gasteiger partial charge < -0.3 is 10.3 Å². The number of nitrogens with zero attached hydrogens (tertiary/aromatic N) is 1. The number of rotatable bonds is 5. The number of hydrogen-bond acceptors (Lipinski definition) is 2. The van der Waals surface area contributed by atoms with Gasteiger partial charge in [0.25, 0.3) is 0 Å². The summed E-state index contributed by atoms with van der Waals surface area (Å²) in [6, 6.07) is 4.12. The third-order valence-electron chi connectivity index (χ3n) is 3.75. The molecule has 0 aromatic carbocycles. The zero-order valence-electron chi connectivity index (χ0n) is 10.2. The molecule has 2 N–H and O–H groups in total. The Kier molecular flexibility index (Phi) is 2.85. The number of aromatic nitrogens is 2. The van der Waals surface area contributed by atoms with E-state index in [9.17, 15) is 0 Å². The molecule has 1 atom stereocenters. The van der Waals surface area contributed by atoms with Crippen LogP contribution in [0.15, 0.2) is 24.5 Å². The Morgan fingerprint density at radius 1 is 1.53 bits per heavy atom. The second kappa shape index (κ2) is 4.49. The van der Waals surface area contributed by atoms with Crippen LogP contribution >= 0.6 is 0 Å². The highest BCUT2D eigenvalue weighted by molar-refractivity contribution is 5.79. The van der Waals surface area contributed by atoms with Crippen molar-refractivity contribution in [3.63, 3.8) is 0 Å². The van der Waals surface area contributed by atoms with Crippen LogP contribution in [0.3, 0.4) is 0 Å². The molecule has 1 saturated carbocycles. The lowest BCUT2D eigenvalue weighted by Gasteiger charge is -2.10. The Morgan fingerprint density at radius 3 is 3.24 bits per heavy atom. The lowest BCUT2D eigenvalue weighted by molar-refractivity contribution is 0.462. The van der Waals surface area contributed by atoms with E-state index >= 15 is 0 Å². The first kappa shape index (κ1) is 10.8. The lowest BCUT2D eigenvalue weighted by Crippen LogP contribution is -2.21. The molecule has 0 aliphatic heterocycles. The summed E-state index contributed by atoms with van der Waals surface area (Å²) in [4.78, 5) is 7.51. The van der Waals surface area contributed by atoms with Crippen LogP contribution in [0.25, 0.3) is 11.0 Å². The summed E-state index contributed by atoms with van der Waals surface area (Å²) >= 11 is 0. The van der Waals surface area contributed by atoms with Crippen molar-refractivity contribution in [2.75, 3.05) is 6.54 Å². The van der Waals surface area contributed by atoms with Gasteiger partial charge in [0, 0.05) is 24.3 Å². The van der Waals surface area contributed by atoms with E-state index in [0.29, 0.717) is 0 Å². The van der Waals surface area contributed by atoms with Gasteiger partial charge in [-0.05, 0) is 48.9 Å². The van der Waals surface area contributed by atoms with E-state index in [1.54, 1.807) is 0 Å². The van der Waals surface area contributed by atoms with E-state index in [2.05, 4.69) is 34.5 Å². The van der Waals surface area contributed by atoms with Crippen LogP contribution in [0.4, 0.5) is 0 Å². The monoisotopic (exact) mass is 229 g/mol. The zero-order valence-corrected chi connectivity index (χ0v) is 10.2. The van der Waals surface area contributed by atoms with Crippen LogP contribution in [0.2, 0.25) is 0 Å². The van der Waals surface area contributed by atoms with Crippen LogP contribution in [0.5, 0.6) is 0 Å². The molecule has 1 aliphatic rings. The van der Waals surface area contributed by atoms with E-state index in [-0.39, 0.29) is 0 Å². The van der Waals surface area contributed by atoms with E-state index in [1.165, 1.54) is 23.8 Å². The van der Waals surface area contributed by atoms with Crippen molar-refractivity contribution in [1.29, 1.82) is 0 Å². The van der Waals surface area contributed by atoms with Gasteiger partial charge in [-0.2, -0.15) is 0 Å². The molecule has 1 aliphatic carbocycles. The summed E-state index contributed by atoms with van der Waals surface area (Å²) in [7, 11) is 0. The fraction of sp³-hybridized carbons (Fsp3) is 0.500. The Labute approximate surface area is 102 Å². The summed E-state index contributed by atoms with van der Waals surface area (Å²) in [5.41, 5.74) is 2.30. The van der Waals surface area contributed by atoms with Crippen molar-refractivity contribution in [1.82, 2.24) is 15.3 Å². The minimum absolute atomic E-state index is 0.818. The van der Waals surface area contributed by atoms with Gasteiger partial charge in [-0.1, -0.05) is 6.92 Å². The Bertz CT molecular complexity index is 499. The van der Waals surface area contributed by atoms with E-state index in [1.807, 2.05) is 12.3 Å². The number of pyridine rings is 1. The average Bonchev–Trinajstić information content (AvgIpc) is 3.12. The normalized spacial score (nSPS) is 17.5. The maximum atomic E-state index is 4.30. The highest BCUT2D eigenvalue weighted by atomic mass is 14.9. The SMILES string of the molecule is CC(CNCc1c[nH]c2ncccc12)C1CC1. The molecule has 0 saturated heterocycles. The van der Waals surface area contributed by atoms with Crippen LogP contribution < -0.4 is 5.32 Å². The first-order valence-electron chi connectivity index (χ1n) is 6.46. The molecule has 3 nitrogen and oxygen atoms in total. The van der Waals surface area contributed by atoms with Gasteiger partial charge in [0.2, 0.25) is 0 Å². The Hall–Kier alpha value is -1.35. The van der Waals surface area contributed by atoms with Gasteiger partial charge in [-0.25, -0.2) is 4.98 Å². The zero-order chi connectivity index (χ0) is 11.7. The lowest BCUT2D eigenvalue weighted by atomic mass is 10.1. The van der Waals surface area contributed by atoms with Gasteiger partial charge in [-0.15, -0.1) is 0 Å². The first-order chi connectivity index (χ1) is 8.34. The Morgan fingerprint density at radius 2 is 2.41 bits per heavy atom. The molecule has 0 amide bonds. The van der Waals surface area contributed by atoms with Gasteiger partial charge in [-0.3, -0.25) is 0 Å². The highest BCUT2D eigenvalue weighted by Gasteiger charge is 2.27. The summed E-state index contributed by atoms with van der Waals surface area (Å²) in [6.07, 6.45) is 6.75. The molecule has 3 rings (SSSR count). The summed E-state index contributed by atoms with van der Waals surface area (Å²) in [5.74, 6) is 1.80. The molecule has 0 radical (unpaired) electrons. The third-order valence-corrected chi connectivity index (χ3v) is 3.75. The number of fused-ring (bicyclic) bond motifs is 1. The Balaban J connectivity index is 1.60. The largest absolute Gasteiger partial charge is 0.346 e. The topological polar surface area (TPSA) is 40.7 Å². The summed E-state index contributed by atoms with van der Waals surface area (Å²) in [5, 5.41) is 4.79. The number of H-pyrrole nitrogens is 1. The molecule has 17 heavy (non-hydrogen) atoms. The van der Waals surface area contributed by atoms with E-state index in [4.69, 9.17) is 0 Å². The number of nitrogens with one attached hydrogen (secondary N) is 2. The van der Waals surface area contributed by atoms with Crippen molar-refractivity contribution < 1.29 is 0 Å². The smallest absolute Gasteiger partial charge is 0.137 e. The van der Waals surface area contributed by atoms with Crippen LogP contribution in [-0.2, 0) is 6.54 Å². The fourth-order valence-electron chi connectivity index (χ4n) is 2.43. The van der Waals surface area contributed by atoms with Gasteiger partial charge in [0.1, 0.15) is 5.65 Å². The second-order valence-electron chi connectivity index (χ2n) is 5.16. The second-order valence-corrected chi connectivity index (χ2v) is 5.16. The van der Waals surface area contributed by atoms with Crippen LogP contribution in [-0.4, -0.2) is 16.5 Å². The predicted octanol–water partition coefficient (Wildman–Crippen LogP) is 2.70. The van der Waals surface area contributed by atoms with Crippen LogP contribution in [0, 0.1) is 11.8 Å². The summed E-state index contributed by atoms with van der Waals surface area (Å²) in [6.45, 7) is 4.40. The molecule has 0 spiro atoms. The molecule has 2 heterocycles. The average molecular weight is 229 g/mol. The highest BCUT2D eigenvalue weighted by Crippen LogP contribution is 2.36. The molecule has 2 aromatic heterocycles. The minimum atomic E-state index is 0.818. The van der Waals surface area contributed by atoms with Gasteiger partial charge >= 0.3 is 0 Å². The molecular formula is C14H19N3. The minimum Gasteiger partial charge on any atom is -0.346 e. The quantitative estimate of drug-likeness (QED) is 0.827. The van der Waals surface area contributed by atoms with Crippen molar-refractivity contribution in [2.45, 2.75) is 26.3 Å². The summed E-state index contributed by atoms with van der Waals surface area (Å²) < 4.78 is 0. The maximum absolute atomic E-state index is 4.30. The van der Waals surface area contributed by atoms with Crippen molar-refractivity contribution >= 4 is 11.0 Å². The predicted molar refractivity (Wildman–Crippen MR) is 69.7 cm³/mol. The molecule has 3 heteroatoms. The third kappa shape index (κ3) is 2.34. The number of hydrogen-bond donors (Lipinski definition) is 2. The van der Waals surface area contributed by atoms with Crippen molar-refractivity contribution in [2.24, 2.45) is 11.8 Å². The van der Waals surface area contributed by atoms with Crippen LogP contribution in [0.1, 0.15) is 25.3 Å². The molecule has 1 fully saturated rings. The van der Waals surface area contributed by atoms with Crippen molar-refractivity contribution in [3.05, 3.63) is 30.1 Å². The van der Waals surface area contributed by atoms with E-state index < -0.39 is 0 Å². The van der Waals surface area contributed by atoms with Crippen molar-refractivity contribution in [3.8, 4) is 0 Å². The maximum Gasteiger partial charge on any atom is 0.137 e.